The molecule has 1 fully saturated rings. The van der Waals surface area contributed by atoms with E-state index in [1.54, 1.807) is 18.3 Å². The average Bonchev–Trinajstić information content (AvgIpc) is 2.86. The number of aryl methyl sites for hydroxylation is 1. The highest BCUT2D eigenvalue weighted by Gasteiger charge is 2.24. The standard InChI is InChI=1S/C27H32F2N6O/c1-17-10-18(7-8-32-17)27(31)21-11-19(26(34-16-36)12-25(21)30)13-33-20-4-3-9-35(14-20)15-22-23(28)5-2-6-24(22)29/h5,7-8,10-12,16,20,31,33H,2-4,6,9,13-15,30H2,1H3,(H,34,36)/t20-/m1/s1. The van der Waals surface area contributed by atoms with Crippen molar-refractivity contribution in [3.63, 3.8) is 0 Å². The summed E-state index contributed by atoms with van der Waals surface area (Å²) in [6.45, 7) is 4.02. The van der Waals surface area contributed by atoms with Crippen molar-refractivity contribution in [3.05, 3.63) is 76.1 Å². The Morgan fingerprint density at radius 1 is 1.33 bits per heavy atom. The van der Waals surface area contributed by atoms with E-state index in [0.717, 1.165) is 30.6 Å². The average molecular weight is 495 g/mol. The molecule has 1 aliphatic heterocycles. The van der Waals surface area contributed by atoms with Gasteiger partial charge in [-0.15, -0.1) is 0 Å². The number of nitrogens with two attached hydrogens (primary N) is 1. The van der Waals surface area contributed by atoms with Crippen LogP contribution in [0, 0.1) is 12.3 Å². The number of piperidine rings is 1. The zero-order chi connectivity index (χ0) is 25.7. The summed E-state index contributed by atoms with van der Waals surface area (Å²) in [5.41, 5.74) is 10.6. The molecule has 1 saturated heterocycles. The van der Waals surface area contributed by atoms with Gasteiger partial charge in [-0.3, -0.25) is 20.1 Å². The van der Waals surface area contributed by atoms with Crippen molar-refractivity contribution in [1.29, 1.82) is 5.41 Å². The number of rotatable bonds is 9. The van der Waals surface area contributed by atoms with Crippen LogP contribution in [0.1, 0.15) is 48.1 Å². The number of pyridine rings is 1. The number of halogens is 2. The summed E-state index contributed by atoms with van der Waals surface area (Å²) >= 11 is 0. The van der Waals surface area contributed by atoms with Gasteiger partial charge < -0.3 is 16.4 Å². The largest absolute Gasteiger partial charge is 0.398 e. The van der Waals surface area contributed by atoms with Gasteiger partial charge in [0.1, 0.15) is 11.7 Å². The third-order valence-corrected chi connectivity index (χ3v) is 6.72. The Morgan fingerprint density at radius 3 is 2.92 bits per heavy atom. The van der Waals surface area contributed by atoms with Gasteiger partial charge in [-0.05, 0) is 68.6 Å². The molecule has 0 saturated carbocycles. The topological polar surface area (TPSA) is 107 Å². The van der Waals surface area contributed by atoms with E-state index in [1.807, 2.05) is 19.1 Å². The molecule has 7 nitrogen and oxygen atoms in total. The molecular formula is C27H32F2N6O. The highest BCUT2D eigenvalue weighted by atomic mass is 19.1. The number of carbonyl (C=O) groups is 1. The summed E-state index contributed by atoms with van der Waals surface area (Å²) in [6.07, 6.45) is 6.24. The lowest BCUT2D eigenvalue weighted by Gasteiger charge is -2.34. The quantitative estimate of drug-likeness (QED) is 0.235. The molecule has 0 unspecified atom stereocenters. The van der Waals surface area contributed by atoms with E-state index in [2.05, 4.69) is 20.5 Å². The molecule has 5 N–H and O–H groups in total. The number of hydrogen-bond donors (Lipinski definition) is 4. The van der Waals surface area contributed by atoms with Gasteiger partial charge in [-0.1, -0.05) is 0 Å². The van der Waals surface area contributed by atoms with Gasteiger partial charge in [-0.2, -0.15) is 0 Å². The van der Waals surface area contributed by atoms with Gasteiger partial charge in [-0.25, -0.2) is 8.78 Å². The van der Waals surface area contributed by atoms with E-state index in [1.165, 1.54) is 6.08 Å². The van der Waals surface area contributed by atoms with Crippen LogP contribution in [-0.2, 0) is 11.3 Å². The number of carbonyl (C=O) groups excluding carboxylic acids is 1. The summed E-state index contributed by atoms with van der Waals surface area (Å²) in [5.74, 6) is -0.796. The summed E-state index contributed by atoms with van der Waals surface area (Å²) < 4.78 is 28.4. The lowest BCUT2D eigenvalue weighted by atomic mass is 9.97. The zero-order valence-corrected chi connectivity index (χ0v) is 20.4. The van der Waals surface area contributed by atoms with E-state index < -0.39 is 5.83 Å². The Kier molecular flexibility index (Phi) is 8.22. The molecule has 190 valence electrons. The molecule has 1 amide bonds. The molecule has 0 spiro atoms. The van der Waals surface area contributed by atoms with Crippen molar-refractivity contribution in [1.82, 2.24) is 15.2 Å². The van der Waals surface area contributed by atoms with E-state index in [9.17, 15) is 13.6 Å². The summed E-state index contributed by atoms with van der Waals surface area (Å²) in [6, 6.07) is 7.21. The number of nitrogens with zero attached hydrogens (tertiary/aromatic N) is 2. The van der Waals surface area contributed by atoms with Crippen molar-refractivity contribution < 1.29 is 13.6 Å². The molecule has 1 aromatic heterocycles. The number of nitrogens with one attached hydrogen (secondary N) is 3. The lowest BCUT2D eigenvalue weighted by Crippen LogP contribution is -2.46. The van der Waals surface area contributed by atoms with Gasteiger partial charge in [0.15, 0.2) is 0 Å². The van der Waals surface area contributed by atoms with Gasteiger partial charge in [0.25, 0.3) is 0 Å². The predicted octanol–water partition coefficient (Wildman–Crippen LogP) is 4.38. The smallest absolute Gasteiger partial charge is 0.211 e. The Balaban J connectivity index is 1.48. The maximum Gasteiger partial charge on any atom is 0.211 e. The maximum absolute atomic E-state index is 14.2. The van der Waals surface area contributed by atoms with Crippen molar-refractivity contribution in [2.75, 3.05) is 30.7 Å². The molecule has 1 aliphatic carbocycles. The summed E-state index contributed by atoms with van der Waals surface area (Å²) in [4.78, 5) is 17.5. The van der Waals surface area contributed by atoms with Crippen molar-refractivity contribution in [2.45, 2.75) is 45.2 Å². The number of benzene rings is 1. The number of likely N-dealkylation sites (tertiary alicyclic amines) is 1. The molecule has 0 bridgehead atoms. The van der Waals surface area contributed by atoms with Crippen LogP contribution in [0.3, 0.4) is 0 Å². The van der Waals surface area contributed by atoms with E-state index in [0.29, 0.717) is 48.4 Å². The Bertz CT molecular complexity index is 1210. The number of amides is 1. The van der Waals surface area contributed by atoms with Gasteiger partial charge in [0, 0.05) is 72.1 Å². The molecule has 36 heavy (non-hydrogen) atoms. The van der Waals surface area contributed by atoms with Crippen LogP contribution in [0.15, 0.2) is 53.8 Å². The minimum Gasteiger partial charge on any atom is -0.398 e. The SMILES string of the molecule is Cc1cc(C(=N)c2cc(CN[C@@H]3CCCN(CC4=C(F)CCC=C4F)C3)c(NC=O)cc2N)ccn1. The fourth-order valence-electron chi connectivity index (χ4n) is 4.81. The van der Waals surface area contributed by atoms with Crippen LogP contribution in [0.4, 0.5) is 20.2 Å². The first kappa shape index (κ1) is 25.7. The van der Waals surface area contributed by atoms with E-state index in [-0.39, 0.29) is 36.1 Å². The van der Waals surface area contributed by atoms with Crippen molar-refractivity contribution >= 4 is 23.5 Å². The van der Waals surface area contributed by atoms with Crippen LogP contribution in [0.5, 0.6) is 0 Å². The van der Waals surface area contributed by atoms with E-state index in [4.69, 9.17) is 11.1 Å². The molecule has 9 heteroatoms. The van der Waals surface area contributed by atoms with Crippen LogP contribution in [0.25, 0.3) is 0 Å². The third-order valence-electron chi connectivity index (χ3n) is 6.72. The first-order chi connectivity index (χ1) is 17.4. The van der Waals surface area contributed by atoms with Crippen molar-refractivity contribution in [3.8, 4) is 0 Å². The normalized spacial score (nSPS) is 18.6. The second-order valence-electron chi connectivity index (χ2n) is 9.35. The molecule has 1 atom stereocenters. The highest BCUT2D eigenvalue weighted by Crippen LogP contribution is 2.29. The molecule has 4 rings (SSSR count). The summed E-state index contributed by atoms with van der Waals surface area (Å²) in [7, 11) is 0. The van der Waals surface area contributed by atoms with Crippen LogP contribution < -0.4 is 16.4 Å². The molecule has 2 aliphatic rings. The van der Waals surface area contributed by atoms with E-state index >= 15 is 0 Å². The number of allylic oxidation sites excluding steroid dienone is 2. The van der Waals surface area contributed by atoms with Crippen LogP contribution in [0.2, 0.25) is 0 Å². The Morgan fingerprint density at radius 2 is 2.17 bits per heavy atom. The van der Waals surface area contributed by atoms with Gasteiger partial charge in [0.2, 0.25) is 6.41 Å². The van der Waals surface area contributed by atoms with Gasteiger partial charge >= 0.3 is 0 Å². The first-order valence-electron chi connectivity index (χ1n) is 12.2. The van der Waals surface area contributed by atoms with Crippen LogP contribution >= 0.6 is 0 Å². The monoisotopic (exact) mass is 494 g/mol. The Labute approximate surface area is 210 Å². The zero-order valence-electron chi connectivity index (χ0n) is 20.4. The number of anilines is 2. The van der Waals surface area contributed by atoms with Crippen molar-refractivity contribution in [2.24, 2.45) is 0 Å². The lowest BCUT2D eigenvalue weighted by molar-refractivity contribution is -0.105. The maximum atomic E-state index is 14.2. The van der Waals surface area contributed by atoms with Gasteiger partial charge in [0.05, 0.1) is 5.71 Å². The minimum absolute atomic E-state index is 0.116. The van der Waals surface area contributed by atoms with Crippen LogP contribution in [-0.4, -0.2) is 47.7 Å². The Hall–Kier alpha value is -3.43. The fourth-order valence-corrected chi connectivity index (χ4v) is 4.81. The highest BCUT2D eigenvalue weighted by molar-refractivity contribution is 6.14. The predicted molar refractivity (Wildman–Crippen MR) is 138 cm³/mol. The summed E-state index contributed by atoms with van der Waals surface area (Å²) in [5, 5.41) is 14.9. The molecule has 2 aromatic rings. The fraction of sp³-hybridized carbons (Fsp3) is 0.370. The molecule has 1 aromatic carbocycles. The molecular weight excluding hydrogens is 462 g/mol. The molecule has 2 heterocycles. The number of aromatic nitrogens is 1. The minimum atomic E-state index is -0.445. The molecule has 0 radical (unpaired) electrons. The second-order valence-corrected chi connectivity index (χ2v) is 9.35. The third kappa shape index (κ3) is 6.03. The second kappa shape index (κ2) is 11.5. The first-order valence-corrected chi connectivity index (χ1v) is 12.2. The number of nitrogen functional groups attached to an aromatic ring is 1. The number of hydrogen-bond acceptors (Lipinski definition) is 6.